The van der Waals surface area contributed by atoms with Crippen molar-refractivity contribution < 1.29 is 13.7 Å². The fraction of sp³-hybridized carbons (Fsp3) is 0.176. The number of carbonyl (C=O) groups is 1. The summed E-state index contributed by atoms with van der Waals surface area (Å²) in [6.07, 6.45) is 0. The molecule has 7 nitrogen and oxygen atoms in total. The third kappa shape index (κ3) is 3.86. The minimum absolute atomic E-state index is 0.108. The first-order valence-corrected chi connectivity index (χ1v) is 8.92. The molecule has 1 heterocycles. The molecule has 0 spiro atoms. The van der Waals surface area contributed by atoms with Crippen LogP contribution in [0.3, 0.4) is 0 Å². The predicted octanol–water partition coefficient (Wildman–Crippen LogP) is 1.78. The van der Waals surface area contributed by atoms with E-state index in [1.165, 1.54) is 0 Å². The second-order valence-corrected chi connectivity index (χ2v) is 6.69. The van der Waals surface area contributed by atoms with Crippen molar-refractivity contribution in [3.8, 4) is 5.75 Å². The maximum Gasteiger partial charge on any atom is 0.238 e. The summed E-state index contributed by atoms with van der Waals surface area (Å²) in [6, 6.07) is 12.6. The van der Waals surface area contributed by atoms with Gasteiger partial charge in [0.05, 0.1) is 41.2 Å². The lowest BCUT2D eigenvalue weighted by atomic mass is 10.2. The van der Waals surface area contributed by atoms with Gasteiger partial charge in [0.1, 0.15) is 5.75 Å². The van der Waals surface area contributed by atoms with Crippen LogP contribution in [0.4, 0.5) is 5.69 Å². The number of aromatic nitrogens is 2. The van der Waals surface area contributed by atoms with E-state index in [1.54, 1.807) is 37.4 Å². The average molecular weight is 358 g/mol. The van der Waals surface area contributed by atoms with E-state index in [4.69, 9.17) is 10.5 Å². The number of hydrogen-bond acceptors (Lipinski definition) is 5. The van der Waals surface area contributed by atoms with Gasteiger partial charge in [0, 0.05) is 11.8 Å². The number of amides is 1. The number of hydrogen-bond donors (Lipinski definition) is 3. The van der Waals surface area contributed by atoms with Gasteiger partial charge in [-0.3, -0.25) is 9.00 Å². The maximum absolute atomic E-state index is 12.7. The smallest absolute Gasteiger partial charge is 0.238 e. The molecule has 0 fully saturated rings. The molecule has 1 aromatic heterocycles. The predicted molar refractivity (Wildman–Crippen MR) is 96.9 cm³/mol. The van der Waals surface area contributed by atoms with Gasteiger partial charge in [-0.05, 0) is 23.8 Å². The Bertz CT molecular complexity index is 939. The number of fused-ring (bicyclic) bond motifs is 1. The van der Waals surface area contributed by atoms with Gasteiger partial charge in [-0.1, -0.05) is 18.2 Å². The van der Waals surface area contributed by atoms with Gasteiger partial charge in [-0.2, -0.15) is 0 Å². The lowest BCUT2D eigenvalue weighted by molar-refractivity contribution is -0.114. The van der Waals surface area contributed by atoms with Crippen molar-refractivity contribution in [3.05, 3.63) is 48.0 Å². The van der Waals surface area contributed by atoms with Crippen molar-refractivity contribution in [1.82, 2.24) is 9.97 Å². The third-order valence-electron chi connectivity index (χ3n) is 3.65. The summed E-state index contributed by atoms with van der Waals surface area (Å²) in [4.78, 5) is 19.0. The van der Waals surface area contributed by atoms with Gasteiger partial charge in [-0.25, -0.2) is 4.98 Å². The Kier molecular flexibility index (Phi) is 5.11. The number of imidazole rings is 1. The molecule has 2 aromatic carbocycles. The summed E-state index contributed by atoms with van der Waals surface area (Å²) in [7, 11) is 0.194. The summed E-state index contributed by atoms with van der Waals surface area (Å²) < 4.78 is 17.9. The average Bonchev–Trinajstić information content (AvgIpc) is 3.06. The number of nitrogens with one attached hydrogen (secondary N) is 2. The van der Waals surface area contributed by atoms with E-state index in [0.717, 1.165) is 11.1 Å². The second-order valence-electron chi connectivity index (χ2n) is 5.32. The third-order valence-corrected chi connectivity index (χ3v) is 4.84. The Morgan fingerprint density at radius 3 is 2.88 bits per heavy atom. The van der Waals surface area contributed by atoms with E-state index in [1.807, 2.05) is 12.1 Å². The van der Waals surface area contributed by atoms with Gasteiger partial charge in [0.25, 0.3) is 0 Å². The van der Waals surface area contributed by atoms with Crippen molar-refractivity contribution >= 4 is 33.4 Å². The molecule has 0 bridgehead atoms. The lowest BCUT2D eigenvalue weighted by Gasteiger charge is -2.09. The Balaban J connectivity index is 1.84. The largest absolute Gasteiger partial charge is 0.497 e. The molecule has 8 heteroatoms. The fourth-order valence-corrected chi connectivity index (χ4v) is 3.47. The van der Waals surface area contributed by atoms with E-state index in [9.17, 15) is 9.00 Å². The molecule has 0 aliphatic carbocycles. The van der Waals surface area contributed by atoms with E-state index < -0.39 is 10.8 Å². The molecule has 130 valence electrons. The number of nitrogens with two attached hydrogens (primary N) is 1. The number of nitrogens with zero attached hydrogens (tertiary/aromatic N) is 1. The van der Waals surface area contributed by atoms with Crippen molar-refractivity contribution in [2.75, 3.05) is 19.0 Å². The highest BCUT2D eigenvalue weighted by Crippen LogP contribution is 2.22. The van der Waals surface area contributed by atoms with E-state index in [0.29, 0.717) is 22.1 Å². The Hall–Kier alpha value is -2.71. The van der Waals surface area contributed by atoms with Crippen LogP contribution in [0.1, 0.15) is 5.56 Å². The van der Waals surface area contributed by atoms with E-state index in [2.05, 4.69) is 15.3 Å². The summed E-state index contributed by atoms with van der Waals surface area (Å²) in [5, 5.41) is 3.09. The van der Waals surface area contributed by atoms with E-state index in [-0.39, 0.29) is 18.2 Å². The summed E-state index contributed by atoms with van der Waals surface area (Å²) >= 11 is 0. The molecule has 3 rings (SSSR count). The van der Waals surface area contributed by atoms with Crippen molar-refractivity contribution in [2.24, 2.45) is 5.73 Å². The molecule has 1 atom stereocenters. The van der Waals surface area contributed by atoms with Crippen LogP contribution in [0, 0.1) is 0 Å². The van der Waals surface area contributed by atoms with Gasteiger partial charge >= 0.3 is 0 Å². The number of para-hydroxylation sites is 1. The fourth-order valence-electron chi connectivity index (χ4n) is 2.38. The first-order chi connectivity index (χ1) is 12.1. The molecule has 0 aliphatic rings. The molecule has 25 heavy (non-hydrogen) atoms. The van der Waals surface area contributed by atoms with Gasteiger partial charge in [0.15, 0.2) is 5.16 Å². The zero-order chi connectivity index (χ0) is 17.8. The monoisotopic (exact) mass is 358 g/mol. The quantitative estimate of drug-likeness (QED) is 0.622. The topological polar surface area (TPSA) is 110 Å². The molecule has 4 N–H and O–H groups in total. The number of H-pyrrole nitrogens is 1. The normalized spacial score (nSPS) is 12.1. The van der Waals surface area contributed by atoms with Crippen molar-refractivity contribution in [3.63, 3.8) is 0 Å². The zero-order valence-corrected chi connectivity index (χ0v) is 14.4. The minimum Gasteiger partial charge on any atom is -0.497 e. The molecule has 1 amide bonds. The van der Waals surface area contributed by atoms with Crippen LogP contribution in [0.15, 0.2) is 47.6 Å². The first-order valence-electron chi connectivity index (χ1n) is 7.60. The highest BCUT2D eigenvalue weighted by Gasteiger charge is 2.14. The van der Waals surface area contributed by atoms with Gasteiger partial charge in [-0.15, -0.1) is 0 Å². The molecular weight excluding hydrogens is 340 g/mol. The maximum atomic E-state index is 12.7. The molecule has 0 radical (unpaired) electrons. The van der Waals surface area contributed by atoms with Crippen LogP contribution in [0.5, 0.6) is 5.75 Å². The number of anilines is 1. The van der Waals surface area contributed by atoms with Crippen LogP contribution in [-0.4, -0.2) is 33.7 Å². The Morgan fingerprint density at radius 2 is 2.12 bits per heavy atom. The molecule has 3 aromatic rings. The van der Waals surface area contributed by atoms with Crippen LogP contribution in [0.25, 0.3) is 11.0 Å². The number of ether oxygens (including phenoxy) is 1. The van der Waals surface area contributed by atoms with Crippen LogP contribution < -0.4 is 15.8 Å². The highest BCUT2D eigenvalue weighted by molar-refractivity contribution is 7.84. The first kappa shape index (κ1) is 17.1. The number of aromatic amines is 1. The summed E-state index contributed by atoms with van der Waals surface area (Å²) in [5.74, 6) is 0.621. The van der Waals surface area contributed by atoms with Crippen LogP contribution >= 0.6 is 0 Å². The highest BCUT2D eigenvalue weighted by atomic mass is 32.2. The number of benzene rings is 2. The van der Waals surface area contributed by atoms with E-state index >= 15 is 0 Å². The van der Waals surface area contributed by atoms with Crippen molar-refractivity contribution in [1.29, 1.82) is 0 Å². The zero-order valence-electron chi connectivity index (χ0n) is 13.6. The molecule has 0 saturated heterocycles. The summed E-state index contributed by atoms with van der Waals surface area (Å²) in [6.45, 7) is -0.108. The van der Waals surface area contributed by atoms with Gasteiger partial charge < -0.3 is 20.8 Å². The molecular formula is C17H18N4O3S. The SMILES string of the molecule is COc1ccc2nc(S(=O)Cc3ccccc3NC(=O)CN)[nH]c2c1. The van der Waals surface area contributed by atoms with Crippen molar-refractivity contribution in [2.45, 2.75) is 10.9 Å². The van der Waals surface area contributed by atoms with Crippen LogP contribution in [0.2, 0.25) is 0 Å². The number of rotatable bonds is 6. The van der Waals surface area contributed by atoms with Gasteiger partial charge in [0.2, 0.25) is 5.91 Å². The Morgan fingerprint density at radius 1 is 1.32 bits per heavy atom. The number of carbonyl (C=O) groups excluding carboxylic acids is 1. The standard InChI is InChI=1S/C17H18N4O3S/c1-24-12-6-7-14-15(8-12)21-17(20-14)25(23)10-11-4-2-3-5-13(11)19-16(22)9-18/h2-8H,9-10,18H2,1H3,(H,19,22)(H,20,21). The van der Waals surface area contributed by atoms with Crippen LogP contribution in [-0.2, 0) is 21.3 Å². The number of methoxy groups -OCH3 is 1. The Labute approximate surface area is 147 Å². The minimum atomic E-state index is -1.39. The molecule has 0 aliphatic heterocycles. The summed E-state index contributed by atoms with van der Waals surface area (Å²) in [5.41, 5.74) is 8.16. The molecule has 1 unspecified atom stereocenters. The molecule has 0 saturated carbocycles. The lowest BCUT2D eigenvalue weighted by Crippen LogP contribution is -2.22. The second kappa shape index (κ2) is 7.45.